The van der Waals surface area contributed by atoms with Crippen LogP contribution in [-0.4, -0.2) is 68.6 Å². The molecule has 4 aliphatic rings. The van der Waals surface area contributed by atoms with Gasteiger partial charge in [0.05, 0.1) is 32.0 Å². The zero-order valence-corrected chi connectivity index (χ0v) is 22.0. The van der Waals surface area contributed by atoms with Gasteiger partial charge in [-0.2, -0.15) is 0 Å². The zero-order chi connectivity index (χ0) is 23.8. The molecule has 4 fully saturated rings. The number of hydrogen-bond acceptors (Lipinski definition) is 7. The highest BCUT2D eigenvalue weighted by atomic mass is 79.9. The first-order valence-corrected chi connectivity index (χ1v) is 14.1. The van der Waals surface area contributed by atoms with Gasteiger partial charge in [0.15, 0.2) is 12.6 Å². The first kappa shape index (κ1) is 26.6. The molecule has 0 aromatic rings. The molecule has 8 atom stereocenters. The molecule has 4 rings (SSSR count). The van der Waals surface area contributed by atoms with Crippen molar-refractivity contribution >= 4 is 21.9 Å². The van der Waals surface area contributed by atoms with Crippen molar-refractivity contribution in [1.29, 1.82) is 0 Å². The van der Waals surface area contributed by atoms with Gasteiger partial charge in [-0.1, -0.05) is 28.1 Å². The second-order valence-corrected chi connectivity index (χ2v) is 11.1. The van der Waals surface area contributed by atoms with Crippen molar-refractivity contribution in [2.45, 2.75) is 106 Å². The van der Waals surface area contributed by atoms with Crippen LogP contribution in [0.25, 0.3) is 0 Å². The summed E-state index contributed by atoms with van der Waals surface area (Å²) in [4.78, 5) is 11.7. The van der Waals surface area contributed by atoms with E-state index in [2.05, 4.69) is 28.1 Å². The Morgan fingerprint density at radius 1 is 1.09 bits per heavy atom. The predicted molar refractivity (Wildman–Crippen MR) is 131 cm³/mol. The Balaban J connectivity index is 1.31. The molecule has 3 heterocycles. The molecule has 7 nitrogen and oxygen atoms in total. The summed E-state index contributed by atoms with van der Waals surface area (Å²) in [6.07, 6.45) is 15.3. The lowest BCUT2D eigenvalue weighted by Crippen LogP contribution is -2.32. The number of hydrogen-bond donors (Lipinski definition) is 0. The monoisotopic (exact) mass is 544 g/mol. The molecular weight excluding hydrogens is 504 g/mol. The molecular formula is C26H41BrO7. The molecule has 4 unspecified atom stereocenters. The molecule has 0 N–H and O–H groups in total. The van der Waals surface area contributed by atoms with Crippen LogP contribution in [0, 0.1) is 11.8 Å². The minimum atomic E-state index is -0.153. The molecule has 0 amide bonds. The standard InChI is InChI=1S/C26H41BrO7/c1-29-24(28)10-6-9-20(27)23-16-19-18(8-7-15-31-25-11-2-4-13-30-25)21(17-22(19)33-23)34-26-12-3-5-14-32-26/h7-8,18-23,25-26H,2-6,9-17H2,1H3/t18-,19-,20?,21-,22-,23?,25?,26?/m1/s1. The van der Waals surface area contributed by atoms with Gasteiger partial charge in [-0.25, -0.2) is 0 Å². The number of alkyl halides is 1. The molecule has 34 heavy (non-hydrogen) atoms. The normalized spacial score (nSPS) is 37.1. The first-order valence-electron chi connectivity index (χ1n) is 13.2. The summed E-state index contributed by atoms with van der Waals surface area (Å²) >= 11 is 3.83. The summed E-state index contributed by atoms with van der Waals surface area (Å²) in [5.74, 6) is 0.549. The van der Waals surface area contributed by atoms with Crippen molar-refractivity contribution in [3.63, 3.8) is 0 Å². The van der Waals surface area contributed by atoms with Crippen molar-refractivity contribution in [2.24, 2.45) is 11.8 Å². The average molecular weight is 546 g/mol. The van der Waals surface area contributed by atoms with E-state index >= 15 is 0 Å². The van der Waals surface area contributed by atoms with Crippen molar-refractivity contribution in [3.8, 4) is 0 Å². The Bertz CT molecular complexity index is 647. The Kier molecular flexibility index (Phi) is 10.7. The minimum absolute atomic E-state index is 0.0734. The van der Waals surface area contributed by atoms with E-state index in [0.717, 1.165) is 71.0 Å². The van der Waals surface area contributed by atoms with Crippen LogP contribution in [0.3, 0.4) is 0 Å². The van der Waals surface area contributed by atoms with Gasteiger partial charge in [-0.05, 0) is 63.7 Å². The van der Waals surface area contributed by atoms with Gasteiger partial charge in [0, 0.05) is 36.8 Å². The third-order valence-electron chi connectivity index (χ3n) is 7.55. The average Bonchev–Trinajstić information content (AvgIpc) is 3.41. The Morgan fingerprint density at radius 3 is 2.56 bits per heavy atom. The number of methoxy groups -OCH3 is 1. The van der Waals surface area contributed by atoms with Gasteiger partial charge in [0.25, 0.3) is 0 Å². The van der Waals surface area contributed by atoms with Crippen LogP contribution in [0.1, 0.15) is 70.6 Å². The second-order valence-electron chi connectivity index (χ2n) is 9.94. The van der Waals surface area contributed by atoms with Crippen LogP contribution in [0.5, 0.6) is 0 Å². The van der Waals surface area contributed by atoms with Gasteiger partial charge in [0.1, 0.15) is 0 Å². The highest BCUT2D eigenvalue weighted by Crippen LogP contribution is 2.47. The zero-order valence-electron chi connectivity index (χ0n) is 20.4. The molecule has 1 aliphatic carbocycles. The molecule has 194 valence electrons. The lowest BCUT2D eigenvalue weighted by atomic mass is 9.89. The summed E-state index contributed by atoms with van der Waals surface area (Å²) in [5, 5.41) is 0. The Labute approximate surface area is 212 Å². The fourth-order valence-electron chi connectivity index (χ4n) is 5.71. The van der Waals surface area contributed by atoms with Crippen LogP contribution in [0.2, 0.25) is 0 Å². The molecule has 0 radical (unpaired) electrons. The molecule has 0 aromatic carbocycles. The van der Waals surface area contributed by atoms with Gasteiger partial charge >= 0.3 is 5.97 Å². The van der Waals surface area contributed by atoms with E-state index in [1.165, 1.54) is 13.5 Å². The number of esters is 1. The Morgan fingerprint density at radius 2 is 1.85 bits per heavy atom. The van der Waals surface area contributed by atoms with Gasteiger partial charge < -0.3 is 28.4 Å². The highest BCUT2D eigenvalue weighted by Gasteiger charge is 2.50. The maximum Gasteiger partial charge on any atom is 0.305 e. The number of ether oxygens (including phenoxy) is 6. The lowest BCUT2D eigenvalue weighted by molar-refractivity contribution is -0.194. The number of fused-ring (bicyclic) bond motifs is 1. The van der Waals surface area contributed by atoms with E-state index in [0.29, 0.717) is 18.9 Å². The molecule has 3 saturated heterocycles. The SMILES string of the molecule is COC(=O)CCCC(Br)C1C[C@@H]2[C@@H](C=CCOC3CCCCO3)[C@H](OC3CCCCO3)C[C@H]2O1. The fraction of sp³-hybridized carbons (Fsp3) is 0.885. The van der Waals surface area contributed by atoms with Crippen LogP contribution in [-0.2, 0) is 33.2 Å². The summed E-state index contributed by atoms with van der Waals surface area (Å²) in [6, 6.07) is 0. The van der Waals surface area contributed by atoms with Gasteiger partial charge in [-0.3, -0.25) is 4.79 Å². The number of carbonyl (C=O) groups is 1. The number of rotatable bonds is 11. The van der Waals surface area contributed by atoms with E-state index in [1.807, 2.05) is 0 Å². The molecule has 0 aromatic heterocycles. The van der Waals surface area contributed by atoms with Crippen molar-refractivity contribution in [2.75, 3.05) is 26.9 Å². The maximum atomic E-state index is 11.4. The van der Waals surface area contributed by atoms with Gasteiger partial charge in [-0.15, -0.1) is 0 Å². The maximum absolute atomic E-state index is 11.4. The van der Waals surface area contributed by atoms with Crippen molar-refractivity contribution in [3.05, 3.63) is 12.2 Å². The summed E-state index contributed by atoms with van der Waals surface area (Å²) in [7, 11) is 1.44. The highest BCUT2D eigenvalue weighted by molar-refractivity contribution is 9.09. The predicted octanol–water partition coefficient (Wildman–Crippen LogP) is 4.90. The third kappa shape index (κ3) is 7.50. The smallest absolute Gasteiger partial charge is 0.305 e. The van der Waals surface area contributed by atoms with E-state index in [4.69, 9.17) is 28.4 Å². The minimum Gasteiger partial charge on any atom is -0.469 e. The number of carbonyl (C=O) groups excluding carboxylic acids is 1. The van der Waals surface area contributed by atoms with Crippen LogP contribution in [0.15, 0.2) is 12.2 Å². The van der Waals surface area contributed by atoms with Crippen LogP contribution >= 0.6 is 15.9 Å². The van der Waals surface area contributed by atoms with Crippen LogP contribution < -0.4 is 0 Å². The molecule has 0 bridgehead atoms. The largest absolute Gasteiger partial charge is 0.469 e. The van der Waals surface area contributed by atoms with E-state index in [9.17, 15) is 4.79 Å². The summed E-state index contributed by atoms with van der Waals surface area (Å²) in [5.41, 5.74) is 0. The van der Waals surface area contributed by atoms with Gasteiger partial charge in [0.2, 0.25) is 0 Å². The molecule has 1 saturated carbocycles. The topological polar surface area (TPSA) is 72.5 Å². The molecule has 3 aliphatic heterocycles. The summed E-state index contributed by atoms with van der Waals surface area (Å²) in [6.45, 7) is 2.14. The van der Waals surface area contributed by atoms with Crippen molar-refractivity contribution in [1.82, 2.24) is 0 Å². The van der Waals surface area contributed by atoms with Crippen molar-refractivity contribution < 1.29 is 33.2 Å². The number of halogens is 1. The van der Waals surface area contributed by atoms with E-state index < -0.39 is 0 Å². The lowest BCUT2D eigenvalue weighted by Gasteiger charge is -2.29. The van der Waals surface area contributed by atoms with E-state index in [-0.39, 0.29) is 47.6 Å². The van der Waals surface area contributed by atoms with Crippen LogP contribution in [0.4, 0.5) is 0 Å². The summed E-state index contributed by atoms with van der Waals surface area (Å²) < 4.78 is 35.2. The Hall–Kier alpha value is -0.510. The van der Waals surface area contributed by atoms with E-state index in [1.54, 1.807) is 0 Å². The molecule has 0 spiro atoms. The molecule has 8 heteroatoms. The second kappa shape index (κ2) is 13.7. The fourth-order valence-corrected chi connectivity index (χ4v) is 6.37. The first-order chi connectivity index (χ1) is 16.6. The third-order valence-corrected chi connectivity index (χ3v) is 8.60. The quantitative estimate of drug-likeness (QED) is 0.208.